The first-order valence-corrected chi connectivity index (χ1v) is 12.0. The van der Waals surface area contributed by atoms with E-state index in [1.54, 1.807) is 17.4 Å². The van der Waals surface area contributed by atoms with Crippen LogP contribution in [0.1, 0.15) is 18.5 Å². The quantitative estimate of drug-likeness (QED) is 0.289. The zero-order valence-corrected chi connectivity index (χ0v) is 18.2. The number of hydrogen-bond acceptors (Lipinski definition) is 6. The van der Waals surface area contributed by atoms with Crippen LogP contribution in [0.2, 0.25) is 0 Å². The van der Waals surface area contributed by atoms with Gasteiger partial charge in [0.2, 0.25) is 0 Å². The molecule has 2 aromatic heterocycles. The van der Waals surface area contributed by atoms with Crippen LogP contribution in [-0.2, 0) is 0 Å². The van der Waals surface area contributed by atoms with Gasteiger partial charge in [-0.25, -0.2) is 15.8 Å². The second-order valence-electron chi connectivity index (χ2n) is 7.44. The van der Waals surface area contributed by atoms with Gasteiger partial charge in [0, 0.05) is 17.1 Å². The van der Waals surface area contributed by atoms with Crippen molar-refractivity contribution in [1.82, 2.24) is 15.0 Å². The Morgan fingerprint density at radius 2 is 1.77 bits per heavy atom. The average molecular weight is 416 g/mol. The number of anilines is 2. The van der Waals surface area contributed by atoms with Gasteiger partial charge in [-0.15, -0.1) is 0 Å². The summed E-state index contributed by atoms with van der Waals surface area (Å²) in [7, 11) is -0.135. The number of nitrogens with zero attached hydrogens (tertiary/aromatic N) is 4. The Kier molecular flexibility index (Phi) is 5.62. The van der Waals surface area contributed by atoms with E-state index in [2.05, 4.69) is 53.6 Å². The summed E-state index contributed by atoms with van der Waals surface area (Å²) in [5.74, 6) is 7.23. The van der Waals surface area contributed by atoms with Crippen molar-refractivity contribution in [1.29, 1.82) is 0 Å². The normalized spacial score (nSPS) is 12.3. The predicted octanol–water partition coefficient (Wildman–Crippen LogP) is 4.08. The van der Waals surface area contributed by atoms with Gasteiger partial charge in [0.15, 0.2) is 11.6 Å². The van der Waals surface area contributed by atoms with E-state index in [0.29, 0.717) is 11.6 Å². The number of benzene rings is 2. The molecule has 7 heteroatoms. The smallest absolute Gasteiger partial charge is 0.186 e. The maximum atomic E-state index is 6.46. The van der Waals surface area contributed by atoms with Crippen molar-refractivity contribution in [2.24, 2.45) is 5.84 Å². The number of pyridine rings is 1. The molecule has 0 aliphatic heterocycles. The largest absolute Gasteiger partial charge is 0.381 e. The van der Waals surface area contributed by atoms with Gasteiger partial charge in [-0.1, -0.05) is 44.3 Å². The summed E-state index contributed by atoms with van der Waals surface area (Å²) in [6.45, 7) is 6.49. The first kappa shape index (κ1) is 20.2. The number of nitrogen functional groups attached to an aromatic ring is 1. The van der Waals surface area contributed by atoms with Crippen LogP contribution < -0.4 is 21.9 Å². The molecule has 152 valence electrons. The fourth-order valence-electron chi connectivity index (χ4n) is 3.35. The lowest BCUT2D eigenvalue weighted by Crippen LogP contribution is -2.35. The number of fused-ring (bicyclic) bond motifs is 1. The van der Waals surface area contributed by atoms with Crippen molar-refractivity contribution in [3.05, 3.63) is 72.6 Å². The molecule has 0 spiro atoms. The molecular weight excluding hydrogens is 391 g/mol. The molecule has 0 aliphatic carbocycles. The van der Waals surface area contributed by atoms with Crippen LogP contribution in [0.4, 0.5) is 11.6 Å². The van der Waals surface area contributed by atoms with E-state index in [0.717, 1.165) is 27.7 Å². The van der Waals surface area contributed by atoms with Crippen LogP contribution >= 0.6 is 7.92 Å². The zero-order chi connectivity index (χ0) is 21.3. The van der Waals surface area contributed by atoms with Crippen LogP contribution in [0.3, 0.4) is 0 Å². The minimum absolute atomic E-state index is 0.135. The minimum atomic E-state index is -0.146. The molecule has 4 N–H and O–H groups in total. The van der Waals surface area contributed by atoms with Crippen LogP contribution in [-0.4, -0.2) is 28.3 Å². The zero-order valence-electron chi connectivity index (χ0n) is 17.3. The summed E-state index contributed by atoms with van der Waals surface area (Å²) in [5.41, 5.74) is 9.87. The second kappa shape index (κ2) is 8.34. The van der Waals surface area contributed by atoms with Crippen LogP contribution in [0.15, 0.2) is 67.0 Å². The average Bonchev–Trinajstić information content (AvgIpc) is 2.78. The topological polar surface area (TPSA) is 94.0 Å². The fourth-order valence-corrected chi connectivity index (χ4v) is 4.09. The summed E-state index contributed by atoms with van der Waals surface area (Å²) >= 11 is 0. The summed E-state index contributed by atoms with van der Waals surface area (Å²) < 4.78 is 0. The van der Waals surface area contributed by atoms with Crippen molar-refractivity contribution in [3.8, 4) is 11.3 Å². The van der Waals surface area contributed by atoms with E-state index in [-0.39, 0.29) is 14.0 Å². The lowest BCUT2D eigenvalue weighted by Gasteiger charge is -2.26. The molecule has 1 atom stereocenters. The fraction of sp³-hybridized carbons (Fsp3) is 0.174. The Morgan fingerprint density at radius 3 is 2.50 bits per heavy atom. The van der Waals surface area contributed by atoms with E-state index in [1.165, 1.54) is 5.30 Å². The summed E-state index contributed by atoms with van der Waals surface area (Å²) in [6, 6.07) is 18.4. The van der Waals surface area contributed by atoms with E-state index < -0.39 is 0 Å². The van der Waals surface area contributed by atoms with Crippen molar-refractivity contribution in [2.75, 3.05) is 24.1 Å². The minimum Gasteiger partial charge on any atom is -0.381 e. The third kappa shape index (κ3) is 3.97. The van der Waals surface area contributed by atoms with Crippen molar-refractivity contribution in [2.45, 2.75) is 13.0 Å². The highest BCUT2D eigenvalue weighted by molar-refractivity contribution is 7.64. The van der Waals surface area contributed by atoms with Gasteiger partial charge >= 0.3 is 0 Å². The number of hydrazine groups is 1. The number of hydrogen-bond donors (Lipinski definition) is 2. The van der Waals surface area contributed by atoms with Gasteiger partial charge in [0.1, 0.15) is 0 Å². The molecule has 2 heterocycles. The maximum Gasteiger partial charge on any atom is 0.186 e. The molecule has 0 aliphatic rings. The Morgan fingerprint density at radius 1 is 1.00 bits per heavy atom. The van der Waals surface area contributed by atoms with E-state index in [1.807, 2.05) is 31.2 Å². The molecule has 4 rings (SSSR count). The van der Waals surface area contributed by atoms with E-state index in [4.69, 9.17) is 16.6 Å². The Labute approximate surface area is 177 Å². The third-order valence-electron chi connectivity index (χ3n) is 5.23. The van der Waals surface area contributed by atoms with Gasteiger partial charge in [-0.05, 0) is 49.3 Å². The Balaban J connectivity index is 1.65. The highest BCUT2D eigenvalue weighted by Crippen LogP contribution is 2.30. The first-order valence-electron chi connectivity index (χ1n) is 9.73. The molecule has 0 saturated carbocycles. The number of aromatic nitrogens is 3. The van der Waals surface area contributed by atoms with Gasteiger partial charge < -0.3 is 5.73 Å². The number of rotatable bonds is 5. The van der Waals surface area contributed by atoms with Gasteiger partial charge in [-0.2, -0.15) is 0 Å². The molecule has 0 saturated heterocycles. The summed E-state index contributed by atoms with van der Waals surface area (Å²) in [5, 5.41) is 3.99. The van der Waals surface area contributed by atoms with Gasteiger partial charge in [-0.3, -0.25) is 9.99 Å². The highest BCUT2D eigenvalue weighted by atomic mass is 31.1. The molecule has 30 heavy (non-hydrogen) atoms. The summed E-state index contributed by atoms with van der Waals surface area (Å²) in [6.07, 6.45) is 3.48. The van der Waals surface area contributed by atoms with E-state index in [9.17, 15) is 0 Å². The maximum absolute atomic E-state index is 6.46. The standard InChI is InChI=1S/C23H25N6P/c1-15(17-8-11-20-18(13-17)5-4-12-26-20)29(25)23-22(24)27-14-21(28-23)16-6-9-19(10-7-16)30(2)3/h4-15H,25H2,1-3H3,(H2,24,27). The Hall–Kier alpha value is -3.08. The van der Waals surface area contributed by atoms with E-state index >= 15 is 0 Å². The lowest BCUT2D eigenvalue weighted by molar-refractivity contribution is 0.687. The lowest BCUT2D eigenvalue weighted by atomic mass is 10.0. The van der Waals surface area contributed by atoms with Gasteiger partial charge in [0.25, 0.3) is 0 Å². The van der Waals surface area contributed by atoms with Crippen molar-refractivity contribution < 1.29 is 0 Å². The molecule has 2 aromatic carbocycles. The molecule has 0 bridgehead atoms. The molecule has 4 aromatic rings. The molecular formula is C23H25N6P. The molecule has 6 nitrogen and oxygen atoms in total. The molecule has 0 amide bonds. The predicted molar refractivity (Wildman–Crippen MR) is 127 cm³/mol. The summed E-state index contributed by atoms with van der Waals surface area (Å²) in [4.78, 5) is 13.5. The van der Waals surface area contributed by atoms with Crippen LogP contribution in [0.5, 0.6) is 0 Å². The van der Waals surface area contributed by atoms with Crippen molar-refractivity contribution in [3.63, 3.8) is 0 Å². The van der Waals surface area contributed by atoms with Gasteiger partial charge in [0.05, 0.1) is 23.4 Å². The van der Waals surface area contributed by atoms with Crippen molar-refractivity contribution >= 4 is 35.8 Å². The highest BCUT2D eigenvalue weighted by Gasteiger charge is 2.19. The SMILES string of the molecule is CC(c1ccc2ncccc2c1)N(N)c1nc(-c2ccc(P(C)C)cc2)cnc1N. The third-order valence-corrected chi connectivity index (χ3v) is 6.56. The molecule has 1 unspecified atom stereocenters. The Bertz CT molecular complexity index is 1180. The van der Waals surface area contributed by atoms with Crippen LogP contribution in [0.25, 0.3) is 22.2 Å². The second-order valence-corrected chi connectivity index (χ2v) is 9.75. The number of nitrogens with two attached hydrogens (primary N) is 2. The first-order chi connectivity index (χ1) is 14.4. The van der Waals surface area contributed by atoms with Crippen LogP contribution in [0, 0.1) is 0 Å². The monoisotopic (exact) mass is 416 g/mol. The molecule has 0 radical (unpaired) electrons. The molecule has 0 fully saturated rings.